The van der Waals surface area contributed by atoms with E-state index < -0.39 is 11.6 Å². The maximum absolute atomic E-state index is 14.3. The van der Waals surface area contributed by atoms with Crippen LogP contribution in [0.5, 0.6) is 0 Å². The summed E-state index contributed by atoms with van der Waals surface area (Å²) in [5, 5.41) is 12.8. The number of nitrogens with one attached hydrogen (secondary N) is 3. The molecule has 0 aromatic carbocycles. The van der Waals surface area contributed by atoms with Crippen LogP contribution >= 0.6 is 11.9 Å². The van der Waals surface area contributed by atoms with Crippen LogP contribution in [0.2, 0.25) is 0 Å². The molecule has 3 aromatic rings. The van der Waals surface area contributed by atoms with Gasteiger partial charge in [0.15, 0.2) is 11.6 Å². The number of fused-ring (bicyclic) bond motifs is 1. The lowest BCUT2D eigenvalue weighted by Crippen LogP contribution is -2.13. The van der Waals surface area contributed by atoms with Crippen molar-refractivity contribution >= 4 is 28.8 Å². The average Bonchev–Trinajstić information content (AvgIpc) is 3.40. The first-order valence-corrected chi connectivity index (χ1v) is 9.49. The average molecular weight is 386 g/mol. The van der Waals surface area contributed by atoms with Crippen LogP contribution in [0.4, 0.5) is 14.6 Å². The molecule has 0 bridgehead atoms. The Morgan fingerprint density at radius 2 is 2.19 bits per heavy atom. The fraction of sp³-hybridized carbons (Fsp3) is 0.278. The van der Waals surface area contributed by atoms with Crippen LogP contribution in [0.25, 0.3) is 22.3 Å². The minimum atomic E-state index is -0.598. The highest BCUT2D eigenvalue weighted by Gasteiger charge is 2.20. The summed E-state index contributed by atoms with van der Waals surface area (Å²) < 4.78 is 31.2. The maximum atomic E-state index is 14.3. The summed E-state index contributed by atoms with van der Waals surface area (Å²) in [6.07, 6.45) is 5.11. The second kappa shape index (κ2) is 7.50. The number of H-pyrrole nitrogens is 1. The summed E-state index contributed by atoms with van der Waals surface area (Å²) in [5.74, 6) is -0.285. The topological polar surface area (TPSA) is 89.4 Å². The summed E-state index contributed by atoms with van der Waals surface area (Å²) >= 11 is 1.59. The molecule has 0 unspecified atom stereocenters. The van der Waals surface area contributed by atoms with Gasteiger partial charge >= 0.3 is 0 Å². The van der Waals surface area contributed by atoms with Gasteiger partial charge in [0.05, 0.1) is 17.5 Å². The first kappa shape index (κ1) is 17.7. The quantitative estimate of drug-likeness (QED) is 0.425. The molecule has 1 aliphatic rings. The SMILES string of the molecule is N#Cc1cc(F)c(NCCSNC2CC2)nc1-c1c[nH]c2ncc(F)cc12. The zero-order chi connectivity index (χ0) is 18.8. The van der Waals surface area contributed by atoms with Gasteiger partial charge in [-0.3, -0.25) is 4.72 Å². The van der Waals surface area contributed by atoms with Crippen molar-refractivity contribution in [3.05, 3.63) is 41.7 Å². The first-order valence-electron chi connectivity index (χ1n) is 8.50. The Balaban J connectivity index is 1.60. The van der Waals surface area contributed by atoms with E-state index in [1.807, 2.05) is 6.07 Å². The molecule has 9 heteroatoms. The number of hydrogen-bond acceptors (Lipinski definition) is 6. The molecular formula is C18H16F2N6S. The van der Waals surface area contributed by atoms with E-state index in [-0.39, 0.29) is 17.1 Å². The number of aromatic amines is 1. The van der Waals surface area contributed by atoms with Crippen molar-refractivity contribution in [1.29, 1.82) is 5.26 Å². The molecule has 3 N–H and O–H groups in total. The molecule has 0 atom stereocenters. The minimum Gasteiger partial charge on any atom is -0.367 e. The molecule has 0 saturated heterocycles. The molecule has 0 amide bonds. The molecular weight excluding hydrogens is 370 g/mol. The smallest absolute Gasteiger partial charge is 0.166 e. The van der Waals surface area contributed by atoms with Gasteiger partial charge in [-0.05, 0) is 25.0 Å². The zero-order valence-corrected chi connectivity index (χ0v) is 15.0. The van der Waals surface area contributed by atoms with Gasteiger partial charge in [-0.2, -0.15) is 5.26 Å². The number of nitriles is 1. The van der Waals surface area contributed by atoms with Gasteiger partial charge in [0.1, 0.15) is 17.5 Å². The van der Waals surface area contributed by atoms with Crippen molar-refractivity contribution in [3.63, 3.8) is 0 Å². The molecule has 1 saturated carbocycles. The molecule has 3 heterocycles. The molecule has 1 aliphatic carbocycles. The number of pyridine rings is 2. The normalized spacial score (nSPS) is 13.7. The Morgan fingerprint density at radius 3 is 2.96 bits per heavy atom. The van der Waals surface area contributed by atoms with Gasteiger partial charge in [-0.1, -0.05) is 11.9 Å². The predicted molar refractivity (Wildman–Crippen MR) is 101 cm³/mol. The number of hydrogen-bond donors (Lipinski definition) is 3. The highest BCUT2D eigenvalue weighted by atomic mass is 32.2. The summed E-state index contributed by atoms with van der Waals surface area (Å²) in [6.45, 7) is 0.518. The molecule has 0 radical (unpaired) electrons. The van der Waals surface area contributed by atoms with Crippen molar-refractivity contribution in [2.75, 3.05) is 17.6 Å². The van der Waals surface area contributed by atoms with Gasteiger partial charge in [-0.25, -0.2) is 18.7 Å². The van der Waals surface area contributed by atoms with E-state index in [9.17, 15) is 14.0 Å². The first-order chi connectivity index (χ1) is 13.2. The summed E-state index contributed by atoms with van der Waals surface area (Å²) in [4.78, 5) is 11.2. The summed E-state index contributed by atoms with van der Waals surface area (Å²) in [5.41, 5.74) is 1.33. The predicted octanol–water partition coefficient (Wildman–Crippen LogP) is 3.59. The lowest BCUT2D eigenvalue weighted by molar-refractivity contribution is 0.623. The number of nitrogens with zero attached hydrogens (tertiary/aromatic N) is 3. The number of rotatable bonds is 7. The number of aromatic nitrogens is 3. The minimum absolute atomic E-state index is 0.0646. The lowest BCUT2D eigenvalue weighted by Gasteiger charge is -2.10. The Bertz CT molecular complexity index is 1020. The Hall–Kier alpha value is -2.70. The van der Waals surface area contributed by atoms with Crippen molar-refractivity contribution in [1.82, 2.24) is 19.7 Å². The van der Waals surface area contributed by atoms with E-state index in [1.54, 1.807) is 18.1 Å². The maximum Gasteiger partial charge on any atom is 0.166 e. The second-order valence-electron chi connectivity index (χ2n) is 6.25. The molecule has 3 aromatic heterocycles. The van der Waals surface area contributed by atoms with E-state index in [1.165, 1.54) is 18.9 Å². The summed E-state index contributed by atoms with van der Waals surface area (Å²) in [7, 11) is 0. The van der Waals surface area contributed by atoms with Crippen molar-refractivity contribution in [3.8, 4) is 17.3 Å². The molecule has 6 nitrogen and oxygen atoms in total. The third-order valence-electron chi connectivity index (χ3n) is 4.17. The fourth-order valence-corrected chi connectivity index (χ4v) is 3.47. The summed E-state index contributed by atoms with van der Waals surface area (Å²) in [6, 6.07) is 5.01. The standard InChI is InChI=1S/C18H16F2N6S/c19-11-6-13-14(9-24-17(13)23-8-11)16-10(7-21)5-15(20)18(25-16)22-3-4-27-26-12-1-2-12/h5-6,8-9,12,26H,1-4H2,(H,22,25)(H,23,24). The van der Waals surface area contributed by atoms with Crippen molar-refractivity contribution in [2.24, 2.45) is 0 Å². The van der Waals surface area contributed by atoms with Crippen LogP contribution in [0.3, 0.4) is 0 Å². The van der Waals surface area contributed by atoms with Gasteiger partial charge in [0.2, 0.25) is 0 Å². The van der Waals surface area contributed by atoms with E-state index in [2.05, 4.69) is 25.0 Å². The van der Waals surface area contributed by atoms with Gasteiger partial charge in [0.25, 0.3) is 0 Å². The number of anilines is 1. The van der Waals surface area contributed by atoms with Gasteiger partial charge in [-0.15, -0.1) is 0 Å². The molecule has 4 rings (SSSR count). The van der Waals surface area contributed by atoms with Crippen molar-refractivity contribution in [2.45, 2.75) is 18.9 Å². The number of halogens is 2. The molecule has 27 heavy (non-hydrogen) atoms. The monoisotopic (exact) mass is 386 g/mol. The second-order valence-corrected chi connectivity index (χ2v) is 7.18. The zero-order valence-electron chi connectivity index (χ0n) is 14.2. The van der Waals surface area contributed by atoms with E-state index in [4.69, 9.17) is 0 Å². The van der Waals surface area contributed by atoms with Crippen LogP contribution in [-0.2, 0) is 0 Å². The van der Waals surface area contributed by atoms with Crippen molar-refractivity contribution < 1.29 is 8.78 Å². The lowest BCUT2D eigenvalue weighted by atomic mass is 10.1. The Morgan fingerprint density at radius 1 is 1.33 bits per heavy atom. The third-order valence-corrected chi connectivity index (χ3v) is 5.08. The van der Waals surface area contributed by atoms with Gasteiger partial charge in [0, 0.05) is 35.5 Å². The largest absolute Gasteiger partial charge is 0.367 e. The fourth-order valence-electron chi connectivity index (χ4n) is 2.68. The molecule has 0 spiro atoms. The Kier molecular flexibility index (Phi) is 4.92. The van der Waals surface area contributed by atoms with Crippen LogP contribution in [0.1, 0.15) is 18.4 Å². The molecule has 0 aliphatic heterocycles. The van der Waals surface area contributed by atoms with E-state index >= 15 is 0 Å². The highest BCUT2D eigenvalue weighted by molar-refractivity contribution is 7.97. The molecule has 138 valence electrons. The van der Waals surface area contributed by atoms with Crippen LogP contribution < -0.4 is 10.0 Å². The van der Waals surface area contributed by atoms with Gasteiger partial charge < -0.3 is 10.3 Å². The van der Waals surface area contributed by atoms with Crippen LogP contribution in [0, 0.1) is 23.0 Å². The third kappa shape index (κ3) is 3.86. The Labute approximate surface area is 158 Å². The van der Waals surface area contributed by atoms with E-state index in [0.29, 0.717) is 29.2 Å². The van der Waals surface area contributed by atoms with E-state index in [0.717, 1.165) is 18.0 Å². The van der Waals surface area contributed by atoms with Crippen LogP contribution in [-0.4, -0.2) is 33.3 Å². The van der Waals surface area contributed by atoms with Crippen LogP contribution in [0.15, 0.2) is 24.5 Å². The highest BCUT2D eigenvalue weighted by Crippen LogP contribution is 2.31. The molecule has 1 fully saturated rings.